The van der Waals surface area contributed by atoms with Crippen molar-refractivity contribution in [3.63, 3.8) is 0 Å². The molecular weight excluding hydrogens is 434 g/mol. The van der Waals surface area contributed by atoms with Crippen molar-refractivity contribution in [2.75, 3.05) is 59.8 Å². The maximum atomic E-state index is 12.6. The molecular formula is C27H55NO6. The van der Waals surface area contributed by atoms with Crippen LogP contribution in [-0.2, 0) is 23.7 Å². The lowest BCUT2D eigenvalue weighted by Gasteiger charge is -2.24. The molecule has 7 nitrogen and oxygen atoms in total. The summed E-state index contributed by atoms with van der Waals surface area (Å²) in [6, 6.07) is 0. The number of aliphatic hydroxyl groups excluding tert-OH is 1. The minimum Gasteiger partial charge on any atom is -0.462 e. The molecule has 0 fully saturated rings. The Morgan fingerprint density at radius 2 is 1.41 bits per heavy atom. The first-order valence-corrected chi connectivity index (χ1v) is 13.6. The summed E-state index contributed by atoms with van der Waals surface area (Å²) < 4.78 is 21.6. The Bertz CT molecular complexity index is 447. The summed E-state index contributed by atoms with van der Waals surface area (Å²) in [7, 11) is 1.63. The average molecular weight is 490 g/mol. The number of esters is 1. The molecule has 0 saturated carbocycles. The van der Waals surface area contributed by atoms with Gasteiger partial charge in [0.1, 0.15) is 12.7 Å². The van der Waals surface area contributed by atoms with Crippen LogP contribution in [0.2, 0.25) is 0 Å². The number of aliphatic hydroxyl groups is 1. The number of carbonyl (C=O) groups is 1. The Morgan fingerprint density at radius 1 is 0.853 bits per heavy atom. The molecule has 7 heteroatoms. The third-order valence-electron chi connectivity index (χ3n) is 6.09. The fraction of sp³-hybridized carbons (Fsp3) is 0.963. The van der Waals surface area contributed by atoms with Gasteiger partial charge in [0.25, 0.3) is 0 Å². The van der Waals surface area contributed by atoms with Crippen LogP contribution in [0.15, 0.2) is 0 Å². The minimum atomic E-state index is -0.461. The van der Waals surface area contributed by atoms with Gasteiger partial charge in [-0.25, -0.2) is 0 Å². The summed E-state index contributed by atoms with van der Waals surface area (Å²) >= 11 is 0. The summed E-state index contributed by atoms with van der Waals surface area (Å²) in [5, 5.41) is 11.9. The van der Waals surface area contributed by atoms with Gasteiger partial charge in [0.05, 0.1) is 38.4 Å². The van der Waals surface area contributed by atoms with E-state index in [2.05, 4.69) is 12.2 Å². The molecule has 0 radical (unpaired) electrons. The first-order valence-electron chi connectivity index (χ1n) is 13.6. The molecule has 0 spiro atoms. The number of rotatable bonds is 26. The molecule has 0 rings (SSSR count). The fourth-order valence-corrected chi connectivity index (χ4v) is 3.70. The summed E-state index contributed by atoms with van der Waals surface area (Å²) in [4.78, 5) is 12.6. The summed E-state index contributed by atoms with van der Waals surface area (Å²) in [6.07, 6.45) is 15.1. The van der Waals surface area contributed by atoms with Gasteiger partial charge in [0.15, 0.2) is 0 Å². The topological polar surface area (TPSA) is 86.3 Å². The normalized spacial score (nSPS) is 12.7. The summed E-state index contributed by atoms with van der Waals surface area (Å²) in [6.45, 7) is 9.65. The van der Waals surface area contributed by atoms with Crippen molar-refractivity contribution < 1.29 is 28.8 Å². The van der Waals surface area contributed by atoms with Gasteiger partial charge < -0.3 is 29.4 Å². The van der Waals surface area contributed by atoms with Crippen molar-refractivity contribution in [2.24, 2.45) is 5.41 Å². The molecule has 0 bridgehead atoms. The second kappa shape index (κ2) is 24.0. The van der Waals surface area contributed by atoms with E-state index in [1.165, 1.54) is 64.2 Å². The van der Waals surface area contributed by atoms with E-state index in [9.17, 15) is 4.79 Å². The van der Waals surface area contributed by atoms with Crippen molar-refractivity contribution in [1.82, 2.24) is 5.32 Å². The van der Waals surface area contributed by atoms with Gasteiger partial charge >= 0.3 is 5.97 Å². The number of unbranched alkanes of at least 4 members (excludes halogenated alkanes) is 10. The van der Waals surface area contributed by atoms with E-state index >= 15 is 0 Å². The Kier molecular flexibility index (Phi) is 23.5. The number of nitrogens with one attached hydrogen (secondary N) is 1. The van der Waals surface area contributed by atoms with Gasteiger partial charge in [-0.15, -0.1) is 0 Å². The largest absolute Gasteiger partial charge is 0.462 e. The lowest BCUT2D eigenvalue weighted by atomic mass is 9.87. The Balaban J connectivity index is 3.75. The first kappa shape index (κ1) is 33.3. The Hall–Kier alpha value is -0.730. The lowest BCUT2D eigenvalue weighted by molar-refractivity contribution is -0.158. The number of hydrogen-bond donors (Lipinski definition) is 2. The highest BCUT2D eigenvalue weighted by atomic mass is 16.6. The predicted octanol–water partition coefficient (Wildman–Crippen LogP) is 4.89. The maximum Gasteiger partial charge on any atom is 0.311 e. The van der Waals surface area contributed by atoms with E-state index in [0.29, 0.717) is 39.5 Å². The highest BCUT2D eigenvalue weighted by molar-refractivity contribution is 5.75. The molecule has 2 N–H and O–H groups in total. The molecule has 0 saturated heterocycles. The van der Waals surface area contributed by atoms with Crippen LogP contribution in [0, 0.1) is 5.41 Å². The molecule has 0 aliphatic rings. The molecule has 0 aromatic carbocycles. The van der Waals surface area contributed by atoms with Crippen molar-refractivity contribution in [3.05, 3.63) is 0 Å². The van der Waals surface area contributed by atoms with Gasteiger partial charge in [-0.3, -0.25) is 4.79 Å². The molecule has 1 atom stereocenters. The van der Waals surface area contributed by atoms with Crippen molar-refractivity contribution in [3.8, 4) is 0 Å². The molecule has 1 unspecified atom stereocenters. The maximum absolute atomic E-state index is 12.6. The Morgan fingerprint density at radius 3 is 1.97 bits per heavy atom. The van der Waals surface area contributed by atoms with Crippen LogP contribution in [0.1, 0.15) is 97.8 Å². The molecule has 0 aliphatic heterocycles. The zero-order valence-corrected chi connectivity index (χ0v) is 22.7. The third kappa shape index (κ3) is 20.6. The van der Waals surface area contributed by atoms with Crippen LogP contribution in [0.4, 0.5) is 0 Å². The standard InChI is InChI=1S/C27H55NO6/c1-5-6-7-8-9-10-11-12-13-14-15-16-27(2,3)26(30)34-24-25(31-4)23-28-17-19-32-21-22-33-20-18-29/h25,28-29H,5-24H2,1-4H3. The van der Waals surface area contributed by atoms with E-state index in [1.54, 1.807) is 7.11 Å². The monoisotopic (exact) mass is 489 g/mol. The highest BCUT2D eigenvalue weighted by Gasteiger charge is 2.29. The number of hydrogen-bond acceptors (Lipinski definition) is 7. The smallest absolute Gasteiger partial charge is 0.311 e. The second-order valence-electron chi connectivity index (χ2n) is 9.78. The van der Waals surface area contributed by atoms with Gasteiger partial charge in [-0.2, -0.15) is 0 Å². The van der Waals surface area contributed by atoms with Crippen molar-refractivity contribution >= 4 is 5.97 Å². The minimum absolute atomic E-state index is 0.0288. The summed E-state index contributed by atoms with van der Waals surface area (Å²) in [5.74, 6) is -0.146. The zero-order valence-electron chi connectivity index (χ0n) is 22.7. The molecule has 204 valence electrons. The van der Waals surface area contributed by atoms with Gasteiger partial charge in [-0.1, -0.05) is 77.6 Å². The zero-order chi connectivity index (χ0) is 25.3. The molecule has 34 heavy (non-hydrogen) atoms. The van der Waals surface area contributed by atoms with E-state index in [1.807, 2.05) is 13.8 Å². The van der Waals surface area contributed by atoms with E-state index in [4.69, 9.17) is 24.1 Å². The summed E-state index contributed by atoms with van der Waals surface area (Å²) in [5.41, 5.74) is -0.461. The van der Waals surface area contributed by atoms with Crippen LogP contribution >= 0.6 is 0 Å². The van der Waals surface area contributed by atoms with Crippen LogP contribution in [-0.4, -0.2) is 77.0 Å². The average Bonchev–Trinajstić information content (AvgIpc) is 2.83. The van der Waals surface area contributed by atoms with Crippen LogP contribution in [0.3, 0.4) is 0 Å². The molecule has 0 aromatic rings. The number of ether oxygens (including phenoxy) is 4. The van der Waals surface area contributed by atoms with Crippen LogP contribution in [0.5, 0.6) is 0 Å². The Labute approximate surface area is 209 Å². The lowest BCUT2D eigenvalue weighted by Crippen LogP contribution is -2.36. The molecule has 0 aromatic heterocycles. The van der Waals surface area contributed by atoms with Crippen molar-refractivity contribution in [1.29, 1.82) is 0 Å². The SMILES string of the molecule is CCCCCCCCCCCCCC(C)(C)C(=O)OCC(CNCCOCCOCCO)OC. The van der Waals surface area contributed by atoms with E-state index < -0.39 is 5.41 Å². The van der Waals surface area contributed by atoms with Crippen LogP contribution in [0.25, 0.3) is 0 Å². The van der Waals surface area contributed by atoms with E-state index in [-0.39, 0.29) is 25.3 Å². The van der Waals surface area contributed by atoms with Crippen LogP contribution < -0.4 is 5.32 Å². The first-order chi connectivity index (χ1) is 16.5. The quantitative estimate of drug-likeness (QED) is 0.132. The van der Waals surface area contributed by atoms with Crippen molar-refractivity contribution in [2.45, 2.75) is 104 Å². The predicted molar refractivity (Wildman–Crippen MR) is 138 cm³/mol. The number of methoxy groups -OCH3 is 1. The molecule has 0 heterocycles. The molecule has 0 amide bonds. The highest BCUT2D eigenvalue weighted by Crippen LogP contribution is 2.26. The van der Waals surface area contributed by atoms with Gasteiger partial charge in [0, 0.05) is 20.2 Å². The van der Waals surface area contributed by atoms with Gasteiger partial charge in [-0.05, 0) is 20.3 Å². The fourth-order valence-electron chi connectivity index (χ4n) is 3.70. The third-order valence-corrected chi connectivity index (χ3v) is 6.09. The molecule has 0 aliphatic carbocycles. The number of carbonyl (C=O) groups excluding carboxylic acids is 1. The second-order valence-corrected chi connectivity index (χ2v) is 9.78. The van der Waals surface area contributed by atoms with E-state index in [0.717, 1.165) is 12.8 Å². The van der Waals surface area contributed by atoms with Gasteiger partial charge in [0.2, 0.25) is 0 Å².